The fraction of sp³-hybridized carbons (Fsp3) is 0.286. The number of hydrogen-bond acceptors (Lipinski definition) is 5. The lowest BCUT2D eigenvalue weighted by Crippen LogP contribution is -2.13. The highest BCUT2D eigenvalue weighted by Crippen LogP contribution is 2.28. The van der Waals surface area contributed by atoms with Gasteiger partial charge in [-0.1, -0.05) is 31.2 Å². The van der Waals surface area contributed by atoms with Crippen molar-refractivity contribution in [3.8, 4) is 11.5 Å². The summed E-state index contributed by atoms with van der Waals surface area (Å²) in [7, 11) is 0. The Balaban J connectivity index is 1.74. The average Bonchev–Trinajstić information content (AvgIpc) is 3.16. The molecular formula is C21H24N4O2. The third-order valence-electron chi connectivity index (χ3n) is 4.29. The summed E-state index contributed by atoms with van der Waals surface area (Å²) in [5.41, 5.74) is 3.58. The summed E-state index contributed by atoms with van der Waals surface area (Å²) < 4.78 is 5.82. The Kier molecular flexibility index (Phi) is 5.86. The molecule has 6 nitrogen and oxygen atoms in total. The minimum Gasteiger partial charge on any atom is -0.418 e. The molecule has 0 aliphatic carbocycles. The van der Waals surface area contributed by atoms with Gasteiger partial charge in [-0.25, -0.2) is 0 Å². The van der Waals surface area contributed by atoms with Crippen molar-refractivity contribution in [1.29, 1.82) is 0 Å². The maximum Gasteiger partial charge on any atom is 0.247 e. The maximum atomic E-state index is 11.9. The van der Waals surface area contributed by atoms with Gasteiger partial charge in [0.05, 0.1) is 0 Å². The standard InChI is InChI=1S/C21H24N4O2/c1-4-9-19(26)23-18-13-8-12-17(14(18)2)22-15(3)20-24-25-21(27-20)16-10-6-5-7-11-16/h5-8,10-13,15,22H,4,9H2,1-3H3,(H,23,26). The van der Waals surface area contributed by atoms with E-state index < -0.39 is 0 Å². The van der Waals surface area contributed by atoms with Crippen LogP contribution in [0.2, 0.25) is 0 Å². The Bertz CT molecular complexity index is 906. The zero-order valence-corrected chi connectivity index (χ0v) is 15.8. The van der Waals surface area contributed by atoms with E-state index in [4.69, 9.17) is 4.42 Å². The van der Waals surface area contributed by atoms with E-state index in [0.717, 1.165) is 28.9 Å². The fourth-order valence-corrected chi connectivity index (χ4v) is 2.77. The van der Waals surface area contributed by atoms with Crippen molar-refractivity contribution in [3.63, 3.8) is 0 Å². The topological polar surface area (TPSA) is 80.0 Å². The smallest absolute Gasteiger partial charge is 0.247 e. The molecule has 0 bridgehead atoms. The lowest BCUT2D eigenvalue weighted by atomic mass is 10.1. The van der Waals surface area contributed by atoms with Gasteiger partial charge >= 0.3 is 0 Å². The molecule has 0 aliphatic heterocycles. The summed E-state index contributed by atoms with van der Waals surface area (Å²) in [6.45, 7) is 5.92. The molecule has 1 atom stereocenters. The van der Waals surface area contributed by atoms with Crippen LogP contribution in [0.3, 0.4) is 0 Å². The third-order valence-corrected chi connectivity index (χ3v) is 4.29. The van der Waals surface area contributed by atoms with Crippen molar-refractivity contribution in [2.75, 3.05) is 10.6 Å². The summed E-state index contributed by atoms with van der Waals surface area (Å²) in [6, 6.07) is 15.3. The van der Waals surface area contributed by atoms with Crippen LogP contribution in [-0.4, -0.2) is 16.1 Å². The summed E-state index contributed by atoms with van der Waals surface area (Å²) in [6.07, 6.45) is 1.33. The van der Waals surface area contributed by atoms with Gasteiger partial charge < -0.3 is 15.1 Å². The van der Waals surface area contributed by atoms with Gasteiger partial charge in [0.25, 0.3) is 0 Å². The lowest BCUT2D eigenvalue weighted by molar-refractivity contribution is -0.116. The molecule has 6 heteroatoms. The average molecular weight is 364 g/mol. The van der Waals surface area contributed by atoms with Crippen LogP contribution in [0.25, 0.3) is 11.5 Å². The van der Waals surface area contributed by atoms with Crippen LogP contribution in [0.5, 0.6) is 0 Å². The maximum absolute atomic E-state index is 11.9. The van der Waals surface area contributed by atoms with Crippen molar-refractivity contribution < 1.29 is 9.21 Å². The van der Waals surface area contributed by atoms with Crippen LogP contribution in [-0.2, 0) is 4.79 Å². The van der Waals surface area contributed by atoms with E-state index in [1.165, 1.54) is 0 Å². The van der Waals surface area contributed by atoms with Crippen LogP contribution in [0.4, 0.5) is 11.4 Å². The summed E-state index contributed by atoms with van der Waals surface area (Å²) in [5, 5.41) is 14.6. The van der Waals surface area contributed by atoms with E-state index >= 15 is 0 Å². The zero-order valence-electron chi connectivity index (χ0n) is 15.8. The second kappa shape index (κ2) is 8.49. The largest absolute Gasteiger partial charge is 0.418 e. The monoisotopic (exact) mass is 364 g/mol. The number of carbonyl (C=O) groups excluding carboxylic acids is 1. The molecule has 1 aromatic heterocycles. The summed E-state index contributed by atoms with van der Waals surface area (Å²) >= 11 is 0. The van der Waals surface area contributed by atoms with Crippen LogP contribution >= 0.6 is 0 Å². The van der Waals surface area contributed by atoms with Crippen LogP contribution in [0.15, 0.2) is 52.9 Å². The van der Waals surface area contributed by atoms with E-state index in [1.54, 1.807) is 0 Å². The molecule has 0 saturated heterocycles. The lowest BCUT2D eigenvalue weighted by Gasteiger charge is -2.16. The third kappa shape index (κ3) is 4.53. The number of rotatable bonds is 7. The first-order valence-corrected chi connectivity index (χ1v) is 9.13. The minimum atomic E-state index is -0.171. The Morgan fingerprint density at radius 2 is 1.81 bits per heavy atom. The molecule has 0 spiro atoms. The minimum absolute atomic E-state index is 0.0233. The molecule has 1 amide bonds. The number of amides is 1. The first kappa shape index (κ1) is 18.6. The van der Waals surface area contributed by atoms with Crippen LogP contribution < -0.4 is 10.6 Å². The van der Waals surface area contributed by atoms with Crippen molar-refractivity contribution in [2.45, 2.75) is 39.7 Å². The predicted octanol–water partition coefficient (Wildman–Crippen LogP) is 4.96. The molecular weight excluding hydrogens is 340 g/mol. The molecule has 1 unspecified atom stereocenters. The molecule has 0 saturated carbocycles. The fourth-order valence-electron chi connectivity index (χ4n) is 2.77. The van der Waals surface area contributed by atoms with Gasteiger partial charge in [0, 0.05) is 23.4 Å². The Morgan fingerprint density at radius 1 is 1.07 bits per heavy atom. The summed E-state index contributed by atoms with van der Waals surface area (Å²) in [5.74, 6) is 1.03. The van der Waals surface area contributed by atoms with E-state index in [0.29, 0.717) is 18.2 Å². The molecule has 27 heavy (non-hydrogen) atoms. The van der Waals surface area contributed by atoms with Gasteiger partial charge in [-0.2, -0.15) is 0 Å². The number of anilines is 2. The molecule has 140 valence electrons. The van der Waals surface area contributed by atoms with Crippen molar-refractivity contribution in [1.82, 2.24) is 10.2 Å². The van der Waals surface area contributed by atoms with Crippen molar-refractivity contribution >= 4 is 17.3 Å². The second-order valence-electron chi connectivity index (χ2n) is 6.45. The molecule has 1 heterocycles. The molecule has 3 aromatic rings. The van der Waals surface area contributed by atoms with Gasteiger partial charge in [-0.3, -0.25) is 4.79 Å². The van der Waals surface area contributed by atoms with E-state index in [1.807, 2.05) is 69.3 Å². The molecule has 0 aliphatic rings. The van der Waals surface area contributed by atoms with E-state index in [2.05, 4.69) is 20.8 Å². The number of nitrogens with one attached hydrogen (secondary N) is 2. The first-order valence-electron chi connectivity index (χ1n) is 9.13. The van der Waals surface area contributed by atoms with Gasteiger partial charge in [0.1, 0.15) is 6.04 Å². The SMILES string of the molecule is CCCC(=O)Nc1cccc(NC(C)c2nnc(-c3ccccc3)o2)c1C. The Labute approximate surface area is 159 Å². The molecule has 2 N–H and O–H groups in total. The van der Waals surface area contributed by atoms with E-state index in [9.17, 15) is 4.79 Å². The number of aromatic nitrogens is 2. The quantitative estimate of drug-likeness (QED) is 0.619. The van der Waals surface area contributed by atoms with Gasteiger partial charge in [0.15, 0.2) is 0 Å². The van der Waals surface area contributed by atoms with Gasteiger partial charge in [-0.15, -0.1) is 10.2 Å². The number of nitrogens with zero attached hydrogens (tertiary/aromatic N) is 2. The first-order chi connectivity index (χ1) is 13.1. The highest BCUT2D eigenvalue weighted by Gasteiger charge is 2.16. The van der Waals surface area contributed by atoms with Gasteiger partial charge in [0.2, 0.25) is 17.7 Å². The number of hydrogen-bond donors (Lipinski definition) is 2. The Hall–Kier alpha value is -3.15. The predicted molar refractivity (Wildman–Crippen MR) is 106 cm³/mol. The number of benzene rings is 2. The number of carbonyl (C=O) groups is 1. The summed E-state index contributed by atoms with van der Waals surface area (Å²) in [4.78, 5) is 11.9. The normalized spacial score (nSPS) is 11.8. The Morgan fingerprint density at radius 3 is 2.56 bits per heavy atom. The van der Waals surface area contributed by atoms with Crippen LogP contribution in [0.1, 0.15) is 44.2 Å². The molecule has 0 fully saturated rings. The van der Waals surface area contributed by atoms with Gasteiger partial charge in [-0.05, 0) is 50.1 Å². The van der Waals surface area contributed by atoms with Crippen LogP contribution in [0, 0.1) is 6.92 Å². The van der Waals surface area contributed by atoms with Crippen molar-refractivity contribution in [2.24, 2.45) is 0 Å². The molecule has 0 radical (unpaired) electrons. The molecule has 2 aromatic carbocycles. The highest BCUT2D eigenvalue weighted by molar-refractivity contribution is 5.92. The second-order valence-corrected chi connectivity index (χ2v) is 6.45. The molecule has 3 rings (SSSR count). The van der Waals surface area contributed by atoms with E-state index in [-0.39, 0.29) is 11.9 Å². The van der Waals surface area contributed by atoms with Crippen molar-refractivity contribution in [3.05, 3.63) is 60.0 Å². The highest BCUT2D eigenvalue weighted by atomic mass is 16.4. The zero-order chi connectivity index (χ0) is 19.2.